The summed E-state index contributed by atoms with van der Waals surface area (Å²) in [4.78, 5) is 163. The van der Waals surface area contributed by atoms with Crippen LogP contribution in [0.25, 0.3) is 0 Å². The molecule has 0 fully saturated rings. The number of nitrogen functional groups attached to an aromatic ring is 4. The molecule has 0 spiro atoms. The molecule has 0 saturated heterocycles. The van der Waals surface area contributed by atoms with Crippen LogP contribution in [0.1, 0.15) is 110 Å². The van der Waals surface area contributed by atoms with Gasteiger partial charge in [-0.25, -0.2) is 33.9 Å². The zero-order chi connectivity index (χ0) is 81.3. The normalized spacial score (nSPS) is 13.2. The Balaban J connectivity index is 1.24. The van der Waals surface area contributed by atoms with Crippen molar-refractivity contribution in [3.05, 3.63) is 93.2 Å². The summed E-state index contributed by atoms with van der Waals surface area (Å²) in [6, 6.07) is 5.40. The van der Waals surface area contributed by atoms with Gasteiger partial charge in [-0.3, -0.25) is 39.0 Å². The number of hydrogen-bond acceptors (Lipinski definition) is 21. The predicted molar refractivity (Wildman–Crippen MR) is 403 cm³/mol. The molecule has 0 bridgehead atoms. The van der Waals surface area contributed by atoms with Gasteiger partial charge in [-0.15, -0.1) is 0 Å². The number of anilines is 4. The number of carbonyl (C=O) groups is 12. The number of ether oxygens (including phenoxy) is 2. The molecule has 109 heavy (non-hydrogen) atoms. The molecular formula is C69H102Cl2N20O18+2. The first-order valence-electron chi connectivity index (χ1n) is 35.0. The fraction of sp³-hybridized carbons (Fsp3) is 0.493. The maximum absolute atomic E-state index is 13.7. The topological polar surface area (TPSA) is 604 Å². The number of nitrogens with zero attached hydrogens (tertiary/aromatic N) is 4. The standard InChI is InChI=1S/C69H100Cl2N20O18/c1-7-11-40(91(5,6)32-28-78-60(95)51-56(74)89-57(75)55(71)86-51)20-15-39-18-23-43(24-19-39)109-34-30-81-69(107)84-49(64(99)100)25-26-50(92)85-53(66(103)104)62(97)83-48(14-9-27-80-68(76)77)59(94)87-54(67(105)106)63(98)88-52(65(101)102)61(96)79-29-33-108-42-21-16-38(17-22-42)13-10-31-90(3,4)41(12-8-2)37-82-58(93)44-35-45(70)47(73)36-46(44)72/h16-19,21-24,35-36,40-41,48-49,52-54H,7-15,20,25-34,37H2,1-6H3,(H23-2,72,73,74,75,76,77,78,79,80,81,82,83,84,85,87,88,89,92,93,94,95,96,97,98,99,100,101,102,103,104,105,106,107)/p+2/t40-,41+,48-,49-,52+,53+,54+/m1/s1. The number of nitrogens with two attached hydrogens (primary N) is 5. The molecule has 4 aromatic rings. The number of halogens is 2. The SMILES string of the molecule is CCC[C@H](CCc1ccc(OCCNC(=O)N[C@H](CCC(=O)N[C@H](C(=O)O)C(=O)N[C@H](CCCNC(=N)N)C(=O)N[C@H](C(=O)O)C(=O)N[C@H](C(=O)O)C(=O)NCCOc2ccc(CCC[N+](C)(C)[C@@H](CCC)CNC(=O)c3cc(Cl)c(N)cc3N)cc2)C(=O)O)cc1)[N+](C)(C)CCNC(=O)c1nc(Cl)c(N)nc1N. The van der Waals surface area contributed by atoms with Crippen molar-refractivity contribution >= 4 is 123 Å². The van der Waals surface area contributed by atoms with Crippen LogP contribution in [0, 0.1) is 5.41 Å². The van der Waals surface area contributed by atoms with E-state index in [-0.39, 0.29) is 102 Å². The van der Waals surface area contributed by atoms with Gasteiger partial charge in [-0.1, -0.05) is 74.2 Å². The number of quaternary nitrogens is 2. The van der Waals surface area contributed by atoms with Gasteiger partial charge >= 0.3 is 29.9 Å². The highest BCUT2D eigenvalue weighted by molar-refractivity contribution is 6.33. The van der Waals surface area contributed by atoms with Crippen LogP contribution in [-0.4, -0.2) is 246 Å². The van der Waals surface area contributed by atoms with Crippen LogP contribution in [-0.2, 0) is 56.0 Å². The van der Waals surface area contributed by atoms with E-state index in [0.717, 1.165) is 62.6 Å². The lowest BCUT2D eigenvalue weighted by Gasteiger charge is -2.38. The van der Waals surface area contributed by atoms with Crippen molar-refractivity contribution in [2.24, 2.45) is 5.73 Å². The van der Waals surface area contributed by atoms with Crippen LogP contribution in [0.2, 0.25) is 10.2 Å². The van der Waals surface area contributed by atoms with Gasteiger partial charge in [0, 0.05) is 37.9 Å². The summed E-state index contributed by atoms with van der Waals surface area (Å²) in [6.45, 7) is 5.44. The number of aliphatic carboxylic acids is 4. The summed E-state index contributed by atoms with van der Waals surface area (Å²) in [5.74, 6) is -15.7. The number of amides is 9. The average molecular weight is 1570 g/mol. The lowest BCUT2D eigenvalue weighted by Crippen LogP contribution is -2.61. The third-order valence-corrected chi connectivity index (χ3v) is 18.3. The number of carboxylic acid groups (broad SMARTS) is 4. The lowest BCUT2D eigenvalue weighted by atomic mass is 9.99. The molecule has 0 aliphatic rings. The van der Waals surface area contributed by atoms with Crippen molar-refractivity contribution in [1.82, 2.24) is 63.1 Å². The number of aryl methyl sites for hydroxylation is 2. The fourth-order valence-corrected chi connectivity index (χ4v) is 11.6. The van der Waals surface area contributed by atoms with Gasteiger partial charge in [0.1, 0.15) is 42.8 Å². The Kier molecular flexibility index (Phi) is 36.5. The smallest absolute Gasteiger partial charge is 0.336 e. The predicted octanol–water partition coefficient (Wildman–Crippen LogP) is -0.110. The third kappa shape index (κ3) is 30.5. The van der Waals surface area contributed by atoms with E-state index < -0.39 is 121 Å². The Labute approximate surface area is 639 Å². The van der Waals surface area contributed by atoms with Gasteiger partial charge in [0.15, 0.2) is 28.4 Å². The minimum Gasteiger partial charge on any atom is -0.492 e. The van der Waals surface area contributed by atoms with E-state index in [2.05, 4.69) is 83.9 Å². The number of carbonyl (C=O) groups excluding carboxylic acids is 8. The number of aromatic nitrogens is 2. The van der Waals surface area contributed by atoms with Gasteiger partial charge < -0.3 is 121 Å². The summed E-state index contributed by atoms with van der Waals surface area (Å²) in [5.41, 5.74) is 31.3. The maximum Gasteiger partial charge on any atom is 0.336 e. The van der Waals surface area contributed by atoms with E-state index in [1.807, 2.05) is 40.2 Å². The molecule has 1 aromatic heterocycles. The van der Waals surface area contributed by atoms with Crippen LogP contribution in [0.15, 0.2) is 60.7 Å². The number of guanidine groups is 1. The number of rotatable bonds is 48. The first kappa shape index (κ1) is 90.1. The van der Waals surface area contributed by atoms with Crippen molar-refractivity contribution in [2.75, 3.05) is 110 Å². The molecule has 598 valence electrons. The van der Waals surface area contributed by atoms with Gasteiger partial charge in [-0.05, 0) is 86.1 Å². The Morgan fingerprint density at radius 2 is 1.06 bits per heavy atom. The van der Waals surface area contributed by atoms with Gasteiger partial charge in [0.05, 0.1) is 89.8 Å². The minimum absolute atomic E-state index is 0.0480. The monoisotopic (exact) mass is 1570 g/mol. The van der Waals surface area contributed by atoms with Crippen molar-refractivity contribution in [3.8, 4) is 11.5 Å². The fourth-order valence-electron chi connectivity index (χ4n) is 11.4. The van der Waals surface area contributed by atoms with E-state index in [4.69, 9.17) is 66.8 Å². The summed E-state index contributed by atoms with van der Waals surface area (Å²) < 4.78 is 12.7. The van der Waals surface area contributed by atoms with Crippen molar-refractivity contribution in [1.29, 1.82) is 5.41 Å². The van der Waals surface area contributed by atoms with Gasteiger partial charge in [0.2, 0.25) is 29.9 Å². The van der Waals surface area contributed by atoms with Crippen LogP contribution >= 0.6 is 23.2 Å². The molecule has 7 atom stereocenters. The van der Waals surface area contributed by atoms with E-state index in [1.165, 1.54) is 12.1 Å². The Bertz CT molecular complexity index is 3840. The third-order valence-electron chi connectivity index (χ3n) is 17.7. The molecule has 25 N–H and O–H groups in total. The summed E-state index contributed by atoms with van der Waals surface area (Å²) in [6.07, 6.45) is 4.57. The summed E-state index contributed by atoms with van der Waals surface area (Å²) in [7, 11) is 8.36. The number of hydrogen-bond donors (Lipinski definition) is 20. The Morgan fingerprint density at radius 1 is 0.514 bits per heavy atom. The van der Waals surface area contributed by atoms with Crippen molar-refractivity contribution in [3.63, 3.8) is 0 Å². The minimum atomic E-state index is -2.65. The molecule has 4 rings (SSSR count). The molecule has 0 unspecified atom stereocenters. The number of urea groups is 1. The highest BCUT2D eigenvalue weighted by Gasteiger charge is 2.39. The molecule has 9 amide bonds. The summed E-state index contributed by atoms with van der Waals surface area (Å²) in [5, 5.41) is 70.0. The molecule has 0 aliphatic carbocycles. The van der Waals surface area contributed by atoms with Crippen LogP contribution in [0.3, 0.4) is 0 Å². The molecule has 38 nitrogen and oxygen atoms in total. The lowest BCUT2D eigenvalue weighted by molar-refractivity contribution is -0.914. The van der Waals surface area contributed by atoms with E-state index >= 15 is 0 Å². The highest BCUT2D eigenvalue weighted by Crippen LogP contribution is 2.27. The number of benzene rings is 3. The van der Waals surface area contributed by atoms with Gasteiger partial charge in [0.25, 0.3) is 29.5 Å². The Morgan fingerprint density at radius 3 is 1.63 bits per heavy atom. The number of carboxylic acids is 4. The second-order valence-corrected chi connectivity index (χ2v) is 27.4. The molecule has 0 radical (unpaired) electrons. The van der Waals surface area contributed by atoms with Crippen LogP contribution < -0.4 is 91.3 Å². The molecule has 40 heteroatoms. The van der Waals surface area contributed by atoms with E-state index in [0.29, 0.717) is 46.5 Å². The molecule has 0 aliphatic heterocycles. The first-order valence-corrected chi connectivity index (χ1v) is 35.7. The molecule has 3 aromatic carbocycles. The van der Waals surface area contributed by atoms with Crippen LogP contribution in [0.5, 0.6) is 11.5 Å². The van der Waals surface area contributed by atoms with Crippen molar-refractivity contribution in [2.45, 2.75) is 133 Å². The second-order valence-electron chi connectivity index (χ2n) is 26.6. The number of likely N-dealkylation sites (N-methyl/N-ethyl adjacent to an activating group) is 2. The maximum atomic E-state index is 13.7. The highest BCUT2D eigenvalue weighted by atomic mass is 35.5. The largest absolute Gasteiger partial charge is 0.492 e. The molecular weight excluding hydrogens is 1470 g/mol. The zero-order valence-electron chi connectivity index (χ0n) is 61.6. The first-order chi connectivity index (χ1) is 51.4. The molecule has 1 heterocycles. The molecule has 0 saturated carbocycles. The van der Waals surface area contributed by atoms with E-state index in [9.17, 15) is 78.0 Å². The average Bonchev–Trinajstić information content (AvgIpc) is 0.843. The van der Waals surface area contributed by atoms with Crippen LogP contribution in [0.4, 0.5) is 27.8 Å². The van der Waals surface area contributed by atoms with E-state index in [1.54, 1.807) is 29.6 Å². The quantitative estimate of drug-likeness (QED) is 0.00685. The van der Waals surface area contributed by atoms with Gasteiger partial charge in [-0.2, -0.15) is 0 Å². The second kappa shape index (κ2) is 44.1. The number of nitrogens with one attached hydrogen (secondary N) is 11. The Hall–Kier alpha value is -11.3. The summed E-state index contributed by atoms with van der Waals surface area (Å²) >= 11 is 12.1. The van der Waals surface area contributed by atoms with Crippen molar-refractivity contribution < 1.29 is 96.4 Å². The zero-order valence-corrected chi connectivity index (χ0v) is 63.1.